The molecule has 6 heteroatoms. The number of para-hydroxylation sites is 1. The molecule has 0 radical (unpaired) electrons. The molecular formula is C22H23N5O. The third-order valence-electron chi connectivity index (χ3n) is 4.82. The van der Waals surface area contributed by atoms with Crippen LogP contribution in [0.15, 0.2) is 54.6 Å². The van der Waals surface area contributed by atoms with Crippen molar-refractivity contribution in [3.8, 4) is 0 Å². The molecule has 142 valence electrons. The van der Waals surface area contributed by atoms with E-state index in [1.54, 1.807) is 0 Å². The number of hydrogen-bond acceptors (Lipinski definition) is 4. The van der Waals surface area contributed by atoms with E-state index in [1.807, 2.05) is 62.4 Å². The fourth-order valence-corrected chi connectivity index (χ4v) is 3.59. The summed E-state index contributed by atoms with van der Waals surface area (Å²) in [6, 6.07) is 17.3. The molecule has 3 aromatic rings. The van der Waals surface area contributed by atoms with Crippen LogP contribution in [0.1, 0.15) is 22.6 Å². The van der Waals surface area contributed by atoms with E-state index in [2.05, 4.69) is 31.6 Å². The Labute approximate surface area is 164 Å². The molecule has 2 N–H and O–H groups in total. The van der Waals surface area contributed by atoms with Gasteiger partial charge in [0, 0.05) is 36.2 Å². The number of hydrogen-bond donors (Lipinski definition) is 2. The van der Waals surface area contributed by atoms with Crippen LogP contribution in [-0.4, -0.2) is 22.5 Å². The molecule has 0 saturated heterocycles. The van der Waals surface area contributed by atoms with Gasteiger partial charge in [-0.1, -0.05) is 30.3 Å². The summed E-state index contributed by atoms with van der Waals surface area (Å²) in [4.78, 5) is 23.6. The van der Waals surface area contributed by atoms with Crippen LogP contribution in [0, 0.1) is 13.8 Å². The highest BCUT2D eigenvalue weighted by atomic mass is 16.2. The van der Waals surface area contributed by atoms with E-state index in [0.29, 0.717) is 0 Å². The highest BCUT2D eigenvalue weighted by Crippen LogP contribution is 2.29. The van der Waals surface area contributed by atoms with Crippen molar-refractivity contribution in [2.45, 2.75) is 26.8 Å². The van der Waals surface area contributed by atoms with E-state index in [9.17, 15) is 4.79 Å². The van der Waals surface area contributed by atoms with E-state index in [-0.39, 0.29) is 6.03 Å². The third-order valence-corrected chi connectivity index (χ3v) is 4.82. The number of carbonyl (C=O) groups is 1. The van der Waals surface area contributed by atoms with Crippen LogP contribution in [0.5, 0.6) is 0 Å². The highest BCUT2D eigenvalue weighted by Gasteiger charge is 2.21. The number of amides is 2. The number of rotatable bonds is 3. The molecule has 6 nitrogen and oxygen atoms in total. The van der Waals surface area contributed by atoms with Gasteiger partial charge in [0.1, 0.15) is 11.6 Å². The SMILES string of the molecule is Cc1cc(N2CCc3c(cccc3NC(=O)Nc3ccccc3)C2)nc(C)n1. The number of aromatic nitrogens is 2. The lowest BCUT2D eigenvalue weighted by atomic mass is 9.97. The summed E-state index contributed by atoms with van der Waals surface area (Å²) >= 11 is 0. The second kappa shape index (κ2) is 7.68. The molecule has 1 aliphatic rings. The van der Waals surface area contributed by atoms with Gasteiger partial charge < -0.3 is 15.5 Å². The van der Waals surface area contributed by atoms with Crippen molar-refractivity contribution in [1.29, 1.82) is 0 Å². The van der Waals surface area contributed by atoms with E-state index >= 15 is 0 Å². The Bertz CT molecular complexity index is 983. The molecule has 2 aromatic carbocycles. The van der Waals surface area contributed by atoms with Crippen LogP contribution < -0.4 is 15.5 Å². The maximum Gasteiger partial charge on any atom is 0.323 e. The maximum absolute atomic E-state index is 12.4. The predicted molar refractivity (Wildman–Crippen MR) is 112 cm³/mol. The number of nitrogens with one attached hydrogen (secondary N) is 2. The third kappa shape index (κ3) is 3.96. The Morgan fingerprint density at radius 3 is 2.61 bits per heavy atom. The van der Waals surface area contributed by atoms with Crippen molar-refractivity contribution in [3.05, 3.63) is 77.2 Å². The normalized spacial score (nSPS) is 13.0. The van der Waals surface area contributed by atoms with Crippen molar-refractivity contribution in [2.75, 3.05) is 22.1 Å². The largest absolute Gasteiger partial charge is 0.352 e. The zero-order valence-corrected chi connectivity index (χ0v) is 16.1. The smallest absolute Gasteiger partial charge is 0.323 e. The first-order chi connectivity index (χ1) is 13.6. The van der Waals surface area contributed by atoms with Gasteiger partial charge in [-0.05, 0) is 49.6 Å². The van der Waals surface area contributed by atoms with Gasteiger partial charge >= 0.3 is 6.03 Å². The summed E-state index contributed by atoms with van der Waals surface area (Å²) in [6.45, 7) is 5.52. The molecule has 4 rings (SSSR count). The summed E-state index contributed by atoms with van der Waals surface area (Å²) in [5.41, 5.74) is 4.99. The van der Waals surface area contributed by atoms with Gasteiger partial charge in [-0.15, -0.1) is 0 Å². The van der Waals surface area contributed by atoms with Crippen molar-refractivity contribution in [3.63, 3.8) is 0 Å². The first-order valence-electron chi connectivity index (χ1n) is 9.39. The zero-order valence-electron chi connectivity index (χ0n) is 16.1. The summed E-state index contributed by atoms with van der Waals surface area (Å²) in [5.74, 6) is 1.74. The number of urea groups is 1. The van der Waals surface area contributed by atoms with Crippen LogP contribution in [-0.2, 0) is 13.0 Å². The lowest BCUT2D eigenvalue weighted by molar-refractivity contribution is 0.262. The molecule has 28 heavy (non-hydrogen) atoms. The lowest BCUT2D eigenvalue weighted by Gasteiger charge is -2.31. The topological polar surface area (TPSA) is 70.2 Å². The zero-order chi connectivity index (χ0) is 19.5. The van der Waals surface area contributed by atoms with Crippen LogP contribution in [0.2, 0.25) is 0 Å². The minimum atomic E-state index is -0.232. The lowest BCUT2D eigenvalue weighted by Crippen LogP contribution is -2.32. The Kier molecular flexibility index (Phi) is 4.93. The minimum Gasteiger partial charge on any atom is -0.352 e. The number of carbonyl (C=O) groups excluding carboxylic acids is 1. The number of anilines is 3. The van der Waals surface area contributed by atoms with E-state index in [0.717, 1.165) is 48.2 Å². The standard InChI is InChI=1S/C22H23N5O/c1-15-13-21(24-16(2)23-15)27-12-11-19-17(14-27)7-6-10-20(19)26-22(28)25-18-8-4-3-5-9-18/h3-10,13H,11-12,14H2,1-2H3,(H2,25,26,28). The number of nitrogens with zero attached hydrogens (tertiary/aromatic N) is 3. The summed E-state index contributed by atoms with van der Waals surface area (Å²) in [7, 11) is 0. The second-order valence-electron chi connectivity index (χ2n) is 6.97. The Morgan fingerprint density at radius 2 is 1.82 bits per heavy atom. The summed E-state index contributed by atoms with van der Waals surface area (Å²) < 4.78 is 0. The molecule has 1 aromatic heterocycles. The first-order valence-corrected chi connectivity index (χ1v) is 9.39. The van der Waals surface area contributed by atoms with Crippen molar-refractivity contribution in [2.24, 2.45) is 0 Å². The Balaban J connectivity index is 1.50. The van der Waals surface area contributed by atoms with E-state index < -0.39 is 0 Å². The Morgan fingerprint density at radius 1 is 1.00 bits per heavy atom. The van der Waals surface area contributed by atoms with Gasteiger partial charge in [-0.25, -0.2) is 14.8 Å². The molecule has 2 heterocycles. The van der Waals surface area contributed by atoms with Gasteiger partial charge in [0.15, 0.2) is 0 Å². The van der Waals surface area contributed by atoms with Gasteiger partial charge in [-0.2, -0.15) is 0 Å². The van der Waals surface area contributed by atoms with Crippen molar-refractivity contribution >= 4 is 23.2 Å². The van der Waals surface area contributed by atoms with Gasteiger partial charge in [0.05, 0.1) is 0 Å². The Hall–Kier alpha value is -3.41. The highest BCUT2D eigenvalue weighted by molar-refractivity contribution is 6.00. The quantitative estimate of drug-likeness (QED) is 0.718. The molecule has 2 amide bonds. The monoisotopic (exact) mass is 373 g/mol. The number of fused-ring (bicyclic) bond motifs is 1. The molecular weight excluding hydrogens is 350 g/mol. The van der Waals surface area contributed by atoms with Crippen molar-refractivity contribution < 1.29 is 4.79 Å². The summed E-state index contributed by atoms with van der Waals surface area (Å²) in [5, 5.41) is 5.86. The first kappa shape index (κ1) is 18.0. The predicted octanol–water partition coefficient (Wildman–Crippen LogP) is 4.30. The molecule has 0 unspecified atom stereocenters. The molecule has 0 bridgehead atoms. The van der Waals surface area contributed by atoms with Crippen LogP contribution in [0.4, 0.5) is 22.0 Å². The second-order valence-corrected chi connectivity index (χ2v) is 6.97. The minimum absolute atomic E-state index is 0.232. The van der Waals surface area contributed by atoms with Gasteiger partial charge in [0.25, 0.3) is 0 Å². The number of aryl methyl sites for hydroxylation is 2. The molecule has 1 aliphatic heterocycles. The number of benzene rings is 2. The fraction of sp³-hybridized carbons (Fsp3) is 0.227. The summed E-state index contributed by atoms with van der Waals surface area (Å²) in [6.07, 6.45) is 0.846. The van der Waals surface area contributed by atoms with Crippen LogP contribution >= 0.6 is 0 Å². The molecule has 0 spiro atoms. The van der Waals surface area contributed by atoms with Gasteiger partial charge in [-0.3, -0.25) is 0 Å². The molecule has 0 saturated carbocycles. The molecule has 0 aliphatic carbocycles. The van der Waals surface area contributed by atoms with E-state index in [1.165, 1.54) is 11.1 Å². The maximum atomic E-state index is 12.4. The van der Waals surface area contributed by atoms with Crippen LogP contribution in [0.3, 0.4) is 0 Å². The van der Waals surface area contributed by atoms with Crippen molar-refractivity contribution in [1.82, 2.24) is 9.97 Å². The fourth-order valence-electron chi connectivity index (χ4n) is 3.59. The molecule has 0 atom stereocenters. The average molecular weight is 373 g/mol. The molecule has 0 fully saturated rings. The van der Waals surface area contributed by atoms with E-state index in [4.69, 9.17) is 0 Å². The average Bonchev–Trinajstić information content (AvgIpc) is 2.68. The van der Waals surface area contributed by atoms with Gasteiger partial charge in [0.2, 0.25) is 0 Å². The van der Waals surface area contributed by atoms with Crippen LogP contribution in [0.25, 0.3) is 0 Å².